The van der Waals surface area contributed by atoms with Crippen LogP contribution >= 0.6 is 0 Å². The lowest BCUT2D eigenvalue weighted by Crippen LogP contribution is -2.42. The number of halogens is 3. The van der Waals surface area contributed by atoms with Crippen LogP contribution in [-0.2, 0) is 6.42 Å². The second kappa shape index (κ2) is 12.1. The fraction of sp³-hybridized carbons (Fsp3) is 0.433. The number of aliphatic hydroxyl groups is 1. The molecule has 1 aliphatic rings. The lowest BCUT2D eigenvalue weighted by atomic mass is 9.75. The van der Waals surface area contributed by atoms with Gasteiger partial charge in [0.25, 0.3) is 0 Å². The molecule has 0 amide bonds. The molecule has 1 aromatic heterocycles. The Balaban J connectivity index is 1.39. The number of rotatable bonds is 8. The molecule has 0 atom stereocenters. The summed E-state index contributed by atoms with van der Waals surface area (Å²) in [5, 5.41) is 11.4. The third-order valence-corrected chi connectivity index (χ3v) is 7.55. The van der Waals surface area contributed by atoms with E-state index >= 15 is 0 Å². The van der Waals surface area contributed by atoms with Crippen molar-refractivity contribution in [2.24, 2.45) is 5.41 Å². The van der Waals surface area contributed by atoms with E-state index in [4.69, 9.17) is 4.74 Å². The summed E-state index contributed by atoms with van der Waals surface area (Å²) in [4.78, 5) is 8.81. The highest BCUT2D eigenvalue weighted by atomic mass is 19.1. The molecule has 8 heteroatoms. The molecule has 4 rings (SSSR count). The minimum absolute atomic E-state index is 0.115. The largest absolute Gasteiger partial charge is 0.497 e. The van der Waals surface area contributed by atoms with Crippen molar-refractivity contribution in [1.29, 1.82) is 0 Å². The van der Waals surface area contributed by atoms with Gasteiger partial charge in [0.05, 0.1) is 36.6 Å². The summed E-state index contributed by atoms with van der Waals surface area (Å²) >= 11 is 0. The molecule has 0 saturated carbocycles. The predicted octanol–water partition coefficient (Wildman–Crippen LogP) is 5.18. The lowest BCUT2D eigenvalue weighted by molar-refractivity contribution is 0.0401. The minimum atomic E-state index is -0.995. The molecule has 0 aliphatic carbocycles. The number of methoxy groups -OCH3 is 1. The van der Waals surface area contributed by atoms with E-state index in [1.54, 1.807) is 7.11 Å². The molecule has 2 heterocycles. The van der Waals surface area contributed by atoms with E-state index in [-0.39, 0.29) is 12.0 Å². The molecule has 1 fully saturated rings. The van der Waals surface area contributed by atoms with E-state index < -0.39 is 23.0 Å². The number of ether oxygens (including phenoxy) is 1. The van der Waals surface area contributed by atoms with E-state index in [9.17, 15) is 18.3 Å². The summed E-state index contributed by atoms with van der Waals surface area (Å²) < 4.78 is 46.2. The number of anilines is 1. The average Bonchev–Trinajstić information content (AvgIpc) is 2.90. The quantitative estimate of drug-likeness (QED) is 0.411. The number of aliphatic hydroxyl groups excluding tert-OH is 1. The predicted molar refractivity (Wildman–Crippen MR) is 144 cm³/mol. The van der Waals surface area contributed by atoms with E-state index in [0.29, 0.717) is 18.7 Å². The van der Waals surface area contributed by atoms with Gasteiger partial charge in [-0.05, 0) is 74.4 Å². The van der Waals surface area contributed by atoms with Crippen molar-refractivity contribution in [2.75, 3.05) is 52.3 Å². The Morgan fingerprint density at radius 1 is 1.11 bits per heavy atom. The summed E-state index contributed by atoms with van der Waals surface area (Å²) in [5.41, 5.74) is 2.65. The number of nitrogens with zero attached hydrogens (tertiary/aromatic N) is 3. The summed E-state index contributed by atoms with van der Waals surface area (Å²) in [7, 11) is 5.69. The molecule has 5 nitrogen and oxygen atoms in total. The van der Waals surface area contributed by atoms with Crippen LogP contribution in [-0.4, -0.2) is 62.4 Å². The fourth-order valence-corrected chi connectivity index (χ4v) is 5.21. The van der Waals surface area contributed by atoms with Crippen molar-refractivity contribution < 1.29 is 23.0 Å². The second-order valence-corrected chi connectivity index (χ2v) is 10.2. The first-order valence-corrected chi connectivity index (χ1v) is 12.8. The van der Waals surface area contributed by atoms with Crippen LogP contribution in [0.2, 0.25) is 0 Å². The number of piperidine rings is 1. The number of benzene rings is 2. The summed E-state index contributed by atoms with van der Waals surface area (Å²) in [5.74, 6) is 3.16. The smallest absolute Gasteiger partial charge is 0.144 e. The third-order valence-electron chi connectivity index (χ3n) is 7.55. The van der Waals surface area contributed by atoms with Crippen molar-refractivity contribution in [1.82, 2.24) is 9.88 Å². The third kappa shape index (κ3) is 6.23. The van der Waals surface area contributed by atoms with Crippen LogP contribution in [0.5, 0.6) is 5.75 Å². The van der Waals surface area contributed by atoms with Crippen LogP contribution in [0.15, 0.2) is 36.5 Å². The van der Waals surface area contributed by atoms with Gasteiger partial charge in [0, 0.05) is 38.2 Å². The van der Waals surface area contributed by atoms with Crippen LogP contribution in [0.1, 0.15) is 36.8 Å². The molecule has 0 spiro atoms. The van der Waals surface area contributed by atoms with Gasteiger partial charge in [-0.1, -0.05) is 11.8 Å². The van der Waals surface area contributed by atoms with Gasteiger partial charge in [0.2, 0.25) is 0 Å². The molecule has 2 aromatic carbocycles. The van der Waals surface area contributed by atoms with Gasteiger partial charge in [-0.3, -0.25) is 9.88 Å². The van der Waals surface area contributed by atoms with Crippen molar-refractivity contribution in [3.05, 3.63) is 65.1 Å². The number of hydrogen-bond acceptors (Lipinski definition) is 5. The maximum atomic E-state index is 13.8. The van der Waals surface area contributed by atoms with Crippen LogP contribution < -0.4 is 9.64 Å². The molecule has 0 bridgehead atoms. The Labute approximate surface area is 222 Å². The number of aryl methyl sites for hydroxylation is 1. The zero-order chi connectivity index (χ0) is 27.3. The number of likely N-dealkylation sites (tertiary alicyclic amines) is 1. The first-order valence-electron chi connectivity index (χ1n) is 12.8. The first kappa shape index (κ1) is 27.7. The van der Waals surface area contributed by atoms with Gasteiger partial charge >= 0.3 is 0 Å². The SMILES string of the molecule is COc1ccc2ncc(N(C)C)c(CCCC3(CO)CCN(CC#Cc4c(F)cc(F)cc4F)CC3)c2c1. The summed E-state index contributed by atoms with van der Waals surface area (Å²) in [6.45, 7) is 1.95. The van der Waals surface area contributed by atoms with Gasteiger partial charge in [-0.15, -0.1) is 0 Å². The summed E-state index contributed by atoms with van der Waals surface area (Å²) in [6.07, 6.45) is 6.20. The topological polar surface area (TPSA) is 48.8 Å². The normalized spacial score (nSPS) is 15.2. The maximum Gasteiger partial charge on any atom is 0.144 e. The first-order chi connectivity index (χ1) is 18.2. The maximum absolute atomic E-state index is 13.8. The van der Waals surface area contributed by atoms with Crippen LogP contribution in [0.25, 0.3) is 10.9 Å². The summed E-state index contributed by atoms with van der Waals surface area (Å²) in [6, 6.07) is 7.20. The second-order valence-electron chi connectivity index (χ2n) is 10.2. The van der Waals surface area contributed by atoms with Gasteiger partial charge in [0.15, 0.2) is 0 Å². The highest BCUT2D eigenvalue weighted by Crippen LogP contribution is 2.37. The molecular weight excluding hydrogens is 491 g/mol. The highest BCUT2D eigenvalue weighted by molar-refractivity contribution is 5.88. The Morgan fingerprint density at radius 3 is 2.45 bits per heavy atom. The van der Waals surface area contributed by atoms with Gasteiger partial charge < -0.3 is 14.7 Å². The molecule has 0 unspecified atom stereocenters. The number of hydrogen-bond donors (Lipinski definition) is 1. The van der Waals surface area contributed by atoms with Gasteiger partial charge in [0.1, 0.15) is 23.2 Å². The van der Waals surface area contributed by atoms with E-state index in [1.807, 2.05) is 38.5 Å². The Kier molecular flexibility index (Phi) is 8.80. The fourth-order valence-electron chi connectivity index (χ4n) is 5.21. The van der Waals surface area contributed by atoms with Gasteiger partial charge in [-0.2, -0.15) is 0 Å². The number of fused-ring (bicyclic) bond motifs is 1. The van der Waals surface area contributed by atoms with E-state index in [2.05, 4.69) is 26.6 Å². The standard InChI is InChI=1S/C30H34F3N3O2/c1-35(2)29-19-34-28-9-8-22(38-3)18-25(28)23(29)6-4-10-30(20-37)11-14-36(15-12-30)13-5-7-24-26(32)16-21(31)17-27(24)33/h8-9,16-19,37H,4,6,10-15,20H2,1-3H3. The molecule has 202 valence electrons. The van der Waals surface area contributed by atoms with Crippen molar-refractivity contribution in [2.45, 2.75) is 32.1 Å². The Hall–Kier alpha value is -3.28. The zero-order valence-electron chi connectivity index (χ0n) is 22.2. The van der Waals surface area contributed by atoms with Crippen LogP contribution in [0.4, 0.5) is 18.9 Å². The minimum Gasteiger partial charge on any atom is -0.497 e. The Bertz CT molecular complexity index is 1320. The molecule has 3 aromatic rings. The van der Waals surface area contributed by atoms with Crippen LogP contribution in [0, 0.1) is 34.7 Å². The van der Waals surface area contributed by atoms with Crippen molar-refractivity contribution >= 4 is 16.6 Å². The Morgan fingerprint density at radius 2 is 1.82 bits per heavy atom. The molecule has 38 heavy (non-hydrogen) atoms. The molecular formula is C30H34F3N3O2. The van der Waals surface area contributed by atoms with Crippen molar-refractivity contribution in [3.63, 3.8) is 0 Å². The molecule has 1 N–H and O–H groups in total. The molecule has 1 aliphatic heterocycles. The average molecular weight is 526 g/mol. The van der Waals surface area contributed by atoms with Crippen LogP contribution in [0.3, 0.4) is 0 Å². The monoisotopic (exact) mass is 525 g/mol. The van der Waals surface area contributed by atoms with E-state index in [0.717, 1.165) is 67.5 Å². The number of pyridine rings is 1. The van der Waals surface area contributed by atoms with E-state index in [1.165, 1.54) is 5.56 Å². The highest BCUT2D eigenvalue weighted by Gasteiger charge is 2.33. The number of aromatic nitrogens is 1. The lowest BCUT2D eigenvalue weighted by Gasteiger charge is -2.40. The molecule has 1 saturated heterocycles. The molecule has 0 radical (unpaired) electrons. The zero-order valence-corrected chi connectivity index (χ0v) is 22.2. The van der Waals surface area contributed by atoms with Crippen molar-refractivity contribution in [3.8, 4) is 17.6 Å². The van der Waals surface area contributed by atoms with Gasteiger partial charge in [-0.25, -0.2) is 13.2 Å².